The molecular weight excluding hydrogens is 409 g/mol. The van der Waals surface area contributed by atoms with Gasteiger partial charge < -0.3 is 15.5 Å². The van der Waals surface area contributed by atoms with Crippen LogP contribution in [-0.2, 0) is 12.8 Å². The molecule has 2 aromatic carbocycles. The van der Waals surface area contributed by atoms with Crippen LogP contribution in [0.1, 0.15) is 48.8 Å². The molecule has 0 saturated heterocycles. The highest BCUT2D eigenvalue weighted by Gasteiger charge is 2.30. The van der Waals surface area contributed by atoms with E-state index >= 15 is 0 Å². The Morgan fingerprint density at radius 3 is 2.59 bits per heavy atom. The molecule has 3 nitrogen and oxygen atoms in total. The van der Waals surface area contributed by atoms with Gasteiger partial charge in [0.1, 0.15) is 5.82 Å². The van der Waals surface area contributed by atoms with Crippen LogP contribution in [0.25, 0.3) is 0 Å². The second kappa shape index (κ2) is 10.1. The minimum absolute atomic E-state index is 0. The maximum Gasteiger partial charge on any atom is 0.160 e. The minimum atomic E-state index is -0.210. The number of halogens is 2. The third kappa shape index (κ3) is 5.23. The lowest BCUT2D eigenvalue weighted by atomic mass is 9.73. The van der Waals surface area contributed by atoms with Gasteiger partial charge in [0.25, 0.3) is 0 Å². The molecule has 2 atom stereocenters. The van der Waals surface area contributed by atoms with Crippen molar-refractivity contribution < 1.29 is 14.6 Å². The summed E-state index contributed by atoms with van der Waals surface area (Å²) < 4.78 is 13.2. The van der Waals surface area contributed by atoms with Crippen molar-refractivity contribution in [3.8, 4) is 11.5 Å². The number of hydrogen-bond donors (Lipinski definition) is 3. The van der Waals surface area contributed by atoms with Crippen LogP contribution < -0.4 is 5.32 Å². The van der Waals surface area contributed by atoms with Crippen LogP contribution in [0.15, 0.2) is 36.4 Å². The lowest BCUT2D eigenvalue weighted by Gasteiger charge is -2.33. The number of benzene rings is 2. The molecule has 2 unspecified atom stereocenters. The monoisotopic (exact) mass is 437 g/mol. The van der Waals surface area contributed by atoms with E-state index in [9.17, 15) is 14.6 Å². The summed E-state index contributed by atoms with van der Waals surface area (Å²) >= 11 is 0. The predicted octanol–water partition coefficient (Wildman–Crippen LogP) is 5.09. The van der Waals surface area contributed by atoms with E-state index in [1.54, 1.807) is 6.07 Å². The standard InChI is InChI=1S/C22H28FNO2.BrH/c1-2-12-24-14-16(13-15-6-8-17(23)9-7-15)18-4-3-5-20-19(18)10-11-21(25)22(20)26;/h6-11,16,18,24-26H,2-5,12-14H2,1H3;1H. The van der Waals surface area contributed by atoms with E-state index in [1.165, 1.54) is 12.1 Å². The smallest absolute Gasteiger partial charge is 0.160 e. The molecule has 0 amide bonds. The van der Waals surface area contributed by atoms with Gasteiger partial charge in [-0.05, 0) is 86.4 Å². The number of phenols is 2. The molecule has 0 aromatic heterocycles. The zero-order valence-electron chi connectivity index (χ0n) is 15.7. The zero-order chi connectivity index (χ0) is 18.5. The molecule has 0 bridgehead atoms. The molecule has 148 valence electrons. The highest BCUT2D eigenvalue weighted by molar-refractivity contribution is 8.93. The van der Waals surface area contributed by atoms with Gasteiger partial charge in [-0.2, -0.15) is 0 Å². The van der Waals surface area contributed by atoms with Crippen LogP contribution >= 0.6 is 17.0 Å². The van der Waals surface area contributed by atoms with Crippen LogP contribution in [0, 0.1) is 11.7 Å². The molecule has 0 heterocycles. The highest BCUT2D eigenvalue weighted by Crippen LogP contribution is 2.44. The average Bonchev–Trinajstić information content (AvgIpc) is 2.65. The lowest BCUT2D eigenvalue weighted by molar-refractivity contribution is 0.347. The average molecular weight is 438 g/mol. The normalized spacial score (nSPS) is 17.0. The largest absolute Gasteiger partial charge is 0.504 e. The summed E-state index contributed by atoms with van der Waals surface area (Å²) in [5.41, 5.74) is 3.17. The molecule has 2 aromatic rings. The van der Waals surface area contributed by atoms with Gasteiger partial charge in [0, 0.05) is 5.56 Å². The van der Waals surface area contributed by atoms with E-state index in [1.807, 2.05) is 18.2 Å². The second-order valence-electron chi connectivity index (χ2n) is 7.29. The van der Waals surface area contributed by atoms with Crippen LogP contribution in [0.3, 0.4) is 0 Å². The topological polar surface area (TPSA) is 52.5 Å². The van der Waals surface area contributed by atoms with Gasteiger partial charge in [0.15, 0.2) is 11.5 Å². The fourth-order valence-corrected chi connectivity index (χ4v) is 4.14. The van der Waals surface area contributed by atoms with Gasteiger partial charge >= 0.3 is 0 Å². The first kappa shape index (κ1) is 21.7. The third-order valence-corrected chi connectivity index (χ3v) is 5.45. The maximum absolute atomic E-state index is 13.2. The Bertz CT molecular complexity index is 736. The summed E-state index contributed by atoms with van der Waals surface area (Å²) in [6, 6.07) is 10.3. The molecule has 0 aliphatic heterocycles. The van der Waals surface area contributed by atoms with Gasteiger partial charge in [-0.15, -0.1) is 17.0 Å². The Labute approximate surface area is 171 Å². The van der Waals surface area contributed by atoms with Crippen LogP contribution in [0.2, 0.25) is 0 Å². The first-order valence-corrected chi connectivity index (χ1v) is 9.59. The summed E-state index contributed by atoms with van der Waals surface area (Å²) in [4.78, 5) is 0. The van der Waals surface area contributed by atoms with Gasteiger partial charge in [0.2, 0.25) is 0 Å². The van der Waals surface area contributed by atoms with E-state index < -0.39 is 0 Å². The Morgan fingerprint density at radius 1 is 1.15 bits per heavy atom. The molecular formula is C22H29BrFNO2. The highest BCUT2D eigenvalue weighted by atomic mass is 79.9. The van der Waals surface area contributed by atoms with Crippen molar-refractivity contribution in [2.75, 3.05) is 13.1 Å². The Kier molecular flexibility index (Phi) is 8.11. The third-order valence-electron chi connectivity index (χ3n) is 5.45. The fraction of sp³-hybridized carbons (Fsp3) is 0.455. The van der Waals surface area contributed by atoms with E-state index in [0.29, 0.717) is 11.8 Å². The van der Waals surface area contributed by atoms with E-state index in [2.05, 4.69) is 12.2 Å². The summed E-state index contributed by atoms with van der Waals surface area (Å²) in [6.45, 7) is 4.01. The van der Waals surface area contributed by atoms with Crippen molar-refractivity contribution in [3.05, 3.63) is 58.9 Å². The number of fused-ring (bicyclic) bond motifs is 1. The predicted molar refractivity (Wildman–Crippen MR) is 113 cm³/mol. The molecule has 5 heteroatoms. The number of aromatic hydroxyl groups is 2. The Morgan fingerprint density at radius 2 is 1.89 bits per heavy atom. The Hall–Kier alpha value is -1.59. The van der Waals surface area contributed by atoms with Gasteiger partial charge in [0.05, 0.1) is 0 Å². The van der Waals surface area contributed by atoms with Crippen molar-refractivity contribution in [2.24, 2.45) is 5.92 Å². The zero-order valence-corrected chi connectivity index (χ0v) is 17.5. The fourth-order valence-electron chi connectivity index (χ4n) is 4.14. The quantitative estimate of drug-likeness (QED) is 0.417. The minimum Gasteiger partial charge on any atom is -0.504 e. The molecule has 3 rings (SSSR count). The number of hydrogen-bond acceptors (Lipinski definition) is 3. The van der Waals surface area contributed by atoms with Gasteiger partial charge in [-0.3, -0.25) is 0 Å². The van der Waals surface area contributed by atoms with Crippen LogP contribution in [-0.4, -0.2) is 23.3 Å². The first-order chi connectivity index (χ1) is 12.6. The van der Waals surface area contributed by atoms with Crippen molar-refractivity contribution >= 4 is 17.0 Å². The van der Waals surface area contributed by atoms with Crippen molar-refractivity contribution in [1.82, 2.24) is 5.32 Å². The van der Waals surface area contributed by atoms with Gasteiger partial charge in [-0.25, -0.2) is 4.39 Å². The maximum atomic E-state index is 13.2. The van der Waals surface area contributed by atoms with E-state index in [4.69, 9.17) is 0 Å². The molecule has 0 fully saturated rings. The summed E-state index contributed by atoms with van der Waals surface area (Å²) in [5.74, 6) is 0.463. The lowest BCUT2D eigenvalue weighted by Crippen LogP contribution is -2.31. The molecule has 0 saturated carbocycles. The van der Waals surface area contributed by atoms with Crippen LogP contribution in [0.5, 0.6) is 11.5 Å². The van der Waals surface area contributed by atoms with Crippen molar-refractivity contribution in [1.29, 1.82) is 0 Å². The number of rotatable bonds is 7. The SMILES string of the molecule is Br.CCCNCC(Cc1ccc(F)cc1)C1CCCc2c1ccc(O)c2O. The summed E-state index contributed by atoms with van der Waals surface area (Å²) in [7, 11) is 0. The van der Waals surface area contributed by atoms with E-state index in [0.717, 1.165) is 61.9 Å². The molecule has 1 aliphatic rings. The number of nitrogens with one attached hydrogen (secondary N) is 1. The van der Waals surface area contributed by atoms with Crippen molar-refractivity contribution in [2.45, 2.75) is 44.9 Å². The Balaban J connectivity index is 0.00000261. The second-order valence-corrected chi connectivity index (χ2v) is 7.29. The molecule has 1 aliphatic carbocycles. The number of phenolic OH excluding ortho intramolecular Hbond substituents is 2. The molecule has 27 heavy (non-hydrogen) atoms. The van der Waals surface area contributed by atoms with Crippen LogP contribution in [0.4, 0.5) is 4.39 Å². The summed E-state index contributed by atoms with van der Waals surface area (Å²) in [5, 5.41) is 23.6. The van der Waals surface area contributed by atoms with Gasteiger partial charge in [-0.1, -0.05) is 25.1 Å². The van der Waals surface area contributed by atoms with E-state index in [-0.39, 0.29) is 34.3 Å². The molecule has 0 radical (unpaired) electrons. The summed E-state index contributed by atoms with van der Waals surface area (Å²) in [6.07, 6.45) is 4.82. The first-order valence-electron chi connectivity index (χ1n) is 9.59. The molecule has 3 N–H and O–H groups in total. The van der Waals surface area contributed by atoms with Crippen molar-refractivity contribution in [3.63, 3.8) is 0 Å². The molecule has 0 spiro atoms.